The van der Waals surface area contributed by atoms with Crippen LogP contribution in [-0.4, -0.2) is 30.5 Å². The Morgan fingerprint density at radius 2 is 1.59 bits per heavy atom. The number of amides is 3. The molecule has 0 saturated carbocycles. The molecule has 0 heterocycles. The molecule has 1 atom stereocenters. The molecule has 3 aromatic rings. The van der Waals surface area contributed by atoms with Gasteiger partial charge in [0.05, 0.1) is 12.3 Å². The standard InChI is InChI=1S/C26H26N4O4/c1-18-8-12-22(13-9-18)29-24(31)17-34-23-14-10-20(11-15-23)16-27-30-26(33)25(32)28-19(2)21-6-4-3-5-7-21/h3-16,19H,17H2,1-2H3,(H,28,32)(H,29,31)(H,30,33)/b27-16-/t19-/m1/s1. The molecule has 3 N–H and O–H groups in total. The lowest BCUT2D eigenvalue weighted by Gasteiger charge is -2.13. The Morgan fingerprint density at radius 1 is 0.912 bits per heavy atom. The molecule has 0 saturated heterocycles. The summed E-state index contributed by atoms with van der Waals surface area (Å²) in [4.78, 5) is 36.0. The summed E-state index contributed by atoms with van der Waals surface area (Å²) in [6, 6.07) is 23.3. The van der Waals surface area contributed by atoms with E-state index in [0.29, 0.717) is 17.0 Å². The number of nitrogens with one attached hydrogen (secondary N) is 3. The lowest BCUT2D eigenvalue weighted by molar-refractivity contribution is -0.139. The largest absolute Gasteiger partial charge is 0.484 e. The fraction of sp³-hybridized carbons (Fsp3) is 0.154. The number of nitrogens with zero attached hydrogens (tertiary/aromatic N) is 1. The van der Waals surface area contributed by atoms with Crippen LogP contribution in [0.25, 0.3) is 0 Å². The van der Waals surface area contributed by atoms with Crippen LogP contribution in [0.3, 0.4) is 0 Å². The summed E-state index contributed by atoms with van der Waals surface area (Å²) in [5, 5.41) is 9.19. The minimum Gasteiger partial charge on any atom is -0.484 e. The normalized spacial score (nSPS) is 11.5. The Kier molecular flexibility index (Phi) is 8.51. The second-order valence-electron chi connectivity index (χ2n) is 7.58. The zero-order valence-corrected chi connectivity index (χ0v) is 18.9. The van der Waals surface area contributed by atoms with Crippen LogP contribution >= 0.6 is 0 Å². The highest BCUT2D eigenvalue weighted by Crippen LogP contribution is 2.13. The zero-order valence-electron chi connectivity index (χ0n) is 18.9. The highest BCUT2D eigenvalue weighted by atomic mass is 16.5. The summed E-state index contributed by atoms with van der Waals surface area (Å²) in [6.45, 7) is 3.63. The van der Waals surface area contributed by atoms with Gasteiger partial charge in [0, 0.05) is 5.69 Å². The number of hydrazone groups is 1. The summed E-state index contributed by atoms with van der Waals surface area (Å²) >= 11 is 0. The van der Waals surface area contributed by atoms with E-state index in [-0.39, 0.29) is 18.6 Å². The first-order valence-corrected chi connectivity index (χ1v) is 10.7. The zero-order chi connectivity index (χ0) is 24.3. The van der Waals surface area contributed by atoms with Crippen molar-refractivity contribution in [2.45, 2.75) is 19.9 Å². The van der Waals surface area contributed by atoms with E-state index in [1.807, 2.05) is 61.5 Å². The summed E-state index contributed by atoms with van der Waals surface area (Å²) in [7, 11) is 0. The van der Waals surface area contributed by atoms with Gasteiger partial charge in [-0.15, -0.1) is 0 Å². The SMILES string of the molecule is Cc1ccc(NC(=O)COc2ccc(/C=N\NC(=O)C(=O)N[C@H](C)c3ccccc3)cc2)cc1. The van der Waals surface area contributed by atoms with Gasteiger partial charge in [0.15, 0.2) is 6.61 Å². The number of benzene rings is 3. The number of ether oxygens (including phenoxy) is 1. The highest BCUT2D eigenvalue weighted by Gasteiger charge is 2.16. The van der Waals surface area contributed by atoms with E-state index >= 15 is 0 Å². The monoisotopic (exact) mass is 458 g/mol. The molecule has 3 rings (SSSR count). The van der Waals surface area contributed by atoms with Gasteiger partial charge in [0.25, 0.3) is 5.91 Å². The lowest BCUT2D eigenvalue weighted by atomic mass is 10.1. The van der Waals surface area contributed by atoms with Crippen LogP contribution in [0, 0.1) is 6.92 Å². The van der Waals surface area contributed by atoms with Crippen LogP contribution in [0.15, 0.2) is 84.0 Å². The van der Waals surface area contributed by atoms with E-state index in [2.05, 4.69) is 21.2 Å². The van der Waals surface area contributed by atoms with E-state index in [1.165, 1.54) is 6.21 Å². The first-order valence-electron chi connectivity index (χ1n) is 10.7. The first kappa shape index (κ1) is 24.2. The van der Waals surface area contributed by atoms with Gasteiger partial charge in [0.2, 0.25) is 0 Å². The average Bonchev–Trinajstić information content (AvgIpc) is 2.85. The molecular weight excluding hydrogens is 432 g/mol. The number of hydrogen-bond acceptors (Lipinski definition) is 5. The van der Waals surface area contributed by atoms with E-state index in [0.717, 1.165) is 11.1 Å². The Morgan fingerprint density at radius 3 is 2.26 bits per heavy atom. The molecule has 0 aromatic heterocycles. The molecule has 8 heteroatoms. The molecule has 8 nitrogen and oxygen atoms in total. The van der Waals surface area contributed by atoms with Crippen LogP contribution in [-0.2, 0) is 14.4 Å². The Bertz CT molecular complexity index is 1140. The molecule has 0 aliphatic rings. The average molecular weight is 459 g/mol. The van der Waals surface area contributed by atoms with Crippen molar-refractivity contribution in [3.63, 3.8) is 0 Å². The van der Waals surface area contributed by atoms with Crippen molar-refractivity contribution in [3.05, 3.63) is 95.6 Å². The van der Waals surface area contributed by atoms with E-state index < -0.39 is 11.8 Å². The molecule has 0 aliphatic carbocycles. The minimum atomic E-state index is -0.862. The fourth-order valence-corrected chi connectivity index (χ4v) is 2.94. The Hall–Kier alpha value is -4.46. The quantitative estimate of drug-likeness (QED) is 0.273. The third kappa shape index (κ3) is 7.59. The van der Waals surface area contributed by atoms with Crippen LogP contribution < -0.4 is 20.8 Å². The van der Waals surface area contributed by atoms with Gasteiger partial charge in [-0.3, -0.25) is 14.4 Å². The molecule has 0 aliphatic heterocycles. The molecule has 0 spiro atoms. The van der Waals surface area contributed by atoms with Crippen molar-refractivity contribution >= 4 is 29.6 Å². The van der Waals surface area contributed by atoms with Gasteiger partial charge in [-0.2, -0.15) is 5.10 Å². The third-order valence-corrected chi connectivity index (χ3v) is 4.82. The van der Waals surface area contributed by atoms with Crippen LogP contribution in [0.1, 0.15) is 29.7 Å². The predicted molar refractivity (Wildman–Crippen MR) is 130 cm³/mol. The summed E-state index contributed by atoms with van der Waals surface area (Å²) in [5.74, 6) is -1.40. The van der Waals surface area contributed by atoms with Crippen molar-refractivity contribution in [1.82, 2.24) is 10.7 Å². The molecular formula is C26H26N4O4. The van der Waals surface area contributed by atoms with Gasteiger partial charge >= 0.3 is 11.8 Å². The molecule has 0 radical (unpaired) electrons. The molecule has 174 valence electrons. The van der Waals surface area contributed by atoms with Crippen molar-refractivity contribution in [2.24, 2.45) is 5.10 Å². The van der Waals surface area contributed by atoms with Gasteiger partial charge in [0.1, 0.15) is 5.75 Å². The number of carbonyl (C=O) groups excluding carboxylic acids is 3. The maximum Gasteiger partial charge on any atom is 0.329 e. The second kappa shape index (κ2) is 12.0. The number of rotatable bonds is 8. The number of aryl methyl sites for hydroxylation is 1. The summed E-state index contributed by atoms with van der Waals surface area (Å²) < 4.78 is 5.49. The van der Waals surface area contributed by atoms with E-state index in [1.54, 1.807) is 31.2 Å². The first-order chi connectivity index (χ1) is 16.4. The van der Waals surface area contributed by atoms with Crippen molar-refractivity contribution in [1.29, 1.82) is 0 Å². The van der Waals surface area contributed by atoms with Gasteiger partial charge in [-0.1, -0.05) is 48.0 Å². The number of anilines is 1. The van der Waals surface area contributed by atoms with E-state index in [9.17, 15) is 14.4 Å². The molecule has 0 fully saturated rings. The predicted octanol–water partition coefficient (Wildman–Crippen LogP) is 3.34. The molecule has 3 aromatic carbocycles. The van der Waals surface area contributed by atoms with Crippen LogP contribution in [0.4, 0.5) is 5.69 Å². The molecule has 0 bridgehead atoms. The minimum absolute atomic E-state index is 0.131. The van der Waals surface area contributed by atoms with Crippen LogP contribution in [0.5, 0.6) is 5.75 Å². The Balaban J connectivity index is 1.41. The summed E-state index contributed by atoms with van der Waals surface area (Å²) in [5.41, 5.74) is 5.58. The maximum absolute atomic E-state index is 12.0. The Labute approximate surface area is 198 Å². The number of carbonyl (C=O) groups is 3. The second-order valence-corrected chi connectivity index (χ2v) is 7.58. The number of hydrogen-bond donors (Lipinski definition) is 3. The fourth-order valence-electron chi connectivity index (χ4n) is 2.94. The van der Waals surface area contributed by atoms with E-state index in [4.69, 9.17) is 4.74 Å². The van der Waals surface area contributed by atoms with Gasteiger partial charge < -0.3 is 15.4 Å². The maximum atomic E-state index is 12.0. The topological polar surface area (TPSA) is 109 Å². The van der Waals surface area contributed by atoms with Crippen LogP contribution in [0.2, 0.25) is 0 Å². The van der Waals surface area contributed by atoms with Crippen molar-refractivity contribution in [3.8, 4) is 5.75 Å². The molecule has 3 amide bonds. The third-order valence-electron chi connectivity index (χ3n) is 4.82. The molecule has 0 unspecified atom stereocenters. The lowest BCUT2D eigenvalue weighted by Crippen LogP contribution is -2.39. The highest BCUT2D eigenvalue weighted by molar-refractivity contribution is 6.35. The van der Waals surface area contributed by atoms with Gasteiger partial charge in [-0.25, -0.2) is 5.43 Å². The van der Waals surface area contributed by atoms with Crippen molar-refractivity contribution < 1.29 is 19.1 Å². The van der Waals surface area contributed by atoms with Gasteiger partial charge in [-0.05, 0) is 61.4 Å². The molecule has 34 heavy (non-hydrogen) atoms. The van der Waals surface area contributed by atoms with Crippen molar-refractivity contribution in [2.75, 3.05) is 11.9 Å². The smallest absolute Gasteiger partial charge is 0.329 e. The summed E-state index contributed by atoms with van der Waals surface area (Å²) in [6.07, 6.45) is 1.40.